The molecule has 0 spiro atoms. The van der Waals surface area contributed by atoms with Crippen LogP contribution in [0.1, 0.15) is 42.4 Å². The first-order chi connectivity index (χ1) is 19.1. The van der Waals surface area contributed by atoms with Crippen molar-refractivity contribution in [1.82, 2.24) is 10.2 Å². The van der Waals surface area contributed by atoms with Crippen LogP contribution in [0.5, 0.6) is 0 Å². The van der Waals surface area contributed by atoms with Gasteiger partial charge in [-0.25, -0.2) is 8.42 Å². The van der Waals surface area contributed by atoms with Crippen molar-refractivity contribution in [3.8, 4) is 0 Å². The van der Waals surface area contributed by atoms with Crippen molar-refractivity contribution in [3.05, 3.63) is 101 Å². The first kappa shape index (κ1) is 29.6. The summed E-state index contributed by atoms with van der Waals surface area (Å²) < 4.78 is 26.7. The highest BCUT2D eigenvalue weighted by molar-refractivity contribution is 7.92. The molecule has 9 heteroatoms. The first-order valence-electron chi connectivity index (χ1n) is 13.5. The quantitative estimate of drug-likeness (QED) is 0.341. The van der Waals surface area contributed by atoms with E-state index in [0.717, 1.165) is 52.9 Å². The third-order valence-electron chi connectivity index (χ3n) is 7.22. The van der Waals surface area contributed by atoms with Crippen LogP contribution in [0.4, 0.5) is 5.69 Å². The van der Waals surface area contributed by atoms with E-state index in [1.807, 2.05) is 61.5 Å². The van der Waals surface area contributed by atoms with Crippen LogP contribution in [0.2, 0.25) is 5.02 Å². The summed E-state index contributed by atoms with van der Waals surface area (Å²) in [4.78, 5) is 29.5. The summed E-state index contributed by atoms with van der Waals surface area (Å²) in [6.07, 6.45) is 5.29. The summed E-state index contributed by atoms with van der Waals surface area (Å²) in [5.41, 5.74) is 3.12. The molecule has 4 rings (SSSR count). The monoisotopic (exact) mass is 581 g/mol. The summed E-state index contributed by atoms with van der Waals surface area (Å²) in [7, 11) is -3.84. The molecule has 0 radical (unpaired) electrons. The lowest BCUT2D eigenvalue weighted by atomic mass is 10.0. The molecule has 1 unspecified atom stereocenters. The van der Waals surface area contributed by atoms with Crippen molar-refractivity contribution in [2.45, 2.75) is 57.7 Å². The van der Waals surface area contributed by atoms with Crippen molar-refractivity contribution in [1.29, 1.82) is 0 Å². The highest BCUT2D eigenvalue weighted by Gasteiger charge is 2.34. The number of nitrogens with zero attached hydrogens (tertiary/aromatic N) is 2. The number of rotatable bonds is 11. The molecule has 0 bridgehead atoms. The molecule has 40 heavy (non-hydrogen) atoms. The van der Waals surface area contributed by atoms with Gasteiger partial charge in [-0.3, -0.25) is 13.9 Å². The van der Waals surface area contributed by atoms with E-state index in [9.17, 15) is 18.0 Å². The number of carbonyl (C=O) groups is 2. The number of nitrogens with one attached hydrogen (secondary N) is 1. The van der Waals surface area contributed by atoms with E-state index in [4.69, 9.17) is 11.6 Å². The zero-order chi connectivity index (χ0) is 28.7. The second kappa shape index (κ2) is 13.3. The van der Waals surface area contributed by atoms with E-state index in [1.165, 1.54) is 11.0 Å². The average Bonchev–Trinajstić information content (AvgIpc) is 3.43. The number of hydrogen-bond donors (Lipinski definition) is 1. The van der Waals surface area contributed by atoms with Crippen LogP contribution >= 0.6 is 11.6 Å². The minimum absolute atomic E-state index is 0.0704. The Labute approximate surface area is 242 Å². The molecule has 0 aliphatic heterocycles. The Bertz CT molecular complexity index is 1410. The first-order valence-corrected chi connectivity index (χ1v) is 15.8. The summed E-state index contributed by atoms with van der Waals surface area (Å²) in [6.45, 7) is 1.67. The van der Waals surface area contributed by atoms with Crippen molar-refractivity contribution >= 4 is 39.1 Å². The third-order valence-corrected chi connectivity index (χ3v) is 8.60. The van der Waals surface area contributed by atoms with E-state index >= 15 is 0 Å². The molecule has 7 nitrogen and oxygen atoms in total. The number of sulfonamides is 1. The lowest BCUT2D eigenvalue weighted by Crippen LogP contribution is -2.54. The van der Waals surface area contributed by atoms with E-state index in [0.29, 0.717) is 11.4 Å². The number of hydrogen-bond acceptors (Lipinski definition) is 4. The number of carbonyl (C=O) groups excluding carboxylic acids is 2. The van der Waals surface area contributed by atoms with Crippen molar-refractivity contribution in [2.24, 2.45) is 0 Å². The Morgan fingerprint density at radius 1 is 0.950 bits per heavy atom. The summed E-state index contributed by atoms with van der Waals surface area (Å²) in [6, 6.07) is 22.9. The standard InChI is InChI=1S/C31H36ClN3O4S/c1-23-15-17-25(18-16-23)21-34(30(36)22-35(40(2,38)39)28-14-8-11-26(32)20-28)29(19-24-9-4-3-5-10-24)31(37)33-27-12-6-7-13-27/h3-5,8-11,14-18,20,27,29H,6-7,12-13,19,21-22H2,1-2H3,(H,33,37). The van der Waals surface area contributed by atoms with Gasteiger partial charge >= 0.3 is 0 Å². The summed E-state index contributed by atoms with van der Waals surface area (Å²) in [5, 5.41) is 3.52. The Balaban J connectivity index is 1.72. The average molecular weight is 582 g/mol. The SMILES string of the molecule is Cc1ccc(CN(C(=O)CN(c2cccc(Cl)c2)S(C)(=O)=O)C(Cc2ccccc2)C(=O)NC2CCCC2)cc1. The molecule has 3 aromatic carbocycles. The van der Waals surface area contributed by atoms with Crippen LogP contribution in [0, 0.1) is 6.92 Å². The van der Waals surface area contributed by atoms with Gasteiger partial charge in [0, 0.05) is 24.0 Å². The molecule has 0 saturated heterocycles. The fourth-order valence-corrected chi connectivity index (χ4v) is 6.08. The zero-order valence-electron chi connectivity index (χ0n) is 22.9. The topological polar surface area (TPSA) is 86.8 Å². The molecular weight excluding hydrogens is 546 g/mol. The molecule has 1 fully saturated rings. The lowest BCUT2D eigenvalue weighted by molar-refractivity contribution is -0.140. The number of halogens is 1. The number of benzene rings is 3. The van der Waals surface area contributed by atoms with Gasteiger partial charge in [0.25, 0.3) is 0 Å². The smallest absolute Gasteiger partial charge is 0.244 e. The van der Waals surface area contributed by atoms with Gasteiger partial charge < -0.3 is 10.2 Å². The van der Waals surface area contributed by atoms with Crippen LogP contribution in [0.15, 0.2) is 78.9 Å². The Morgan fingerprint density at radius 3 is 2.25 bits per heavy atom. The Kier molecular flexibility index (Phi) is 9.87. The van der Waals surface area contributed by atoms with E-state index in [-0.39, 0.29) is 24.2 Å². The molecule has 0 aromatic heterocycles. The van der Waals surface area contributed by atoms with Gasteiger partial charge in [-0.05, 0) is 49.1 Å². The molecule has 1 atom stereocenters. The molecule has 1 N–H and O–H groups in total. The van der Waals surface area contributed by atoms with Gasteiger partial charge in [0.05, 0.1) is 11.9 Å². The molecular formula is C31H36ClN3O4S. The van der Waals surface area contributed by atoms with E-state index in [1.54, 1.807) is 18.2 Å². The maximum Gasteiger partial charge on any atom is 0.244 e. The van der Waals surface area contributed by atoms with Gasteiger partial charge in [0.15, 0.2) is 0 Å². The normalized spacial score (nSPS) is 14.5. The van der Waals surface area contributed by atoms with Crippen molar-refractivity contribution < 1.29 is 18.0 Å². The maximum absolute atomic E-state index is 14.1. The molecule has 3 aromatic rings. The Hall–Kier alpha value is -3.36. The van der Waals surface area contributed by atoms with Crippen LogP contribution in [0.25, 0.3) is 0 Å². The van der Waals surface area contributed by atoms with Gasteiger partial charge in [0.1, 0.15) is 12.6 Å². The van der Waals surface area contributed by atoms with E-state index < -0.39 is 28.5 Å². The minimum atomic E-state index is -3.84. The van der Waals surface area contributed by atoms with Crippen LogP contribution in [0.3, 0.4) is 0 Å². The zero-order valence-corrected chi connectivity index (χ0v) is 24.5. The largest absolute Gasteiger partial charge is 0.352 e. The van der Waals surface area contributed by atoms with E-state index in [2.05, 4.69) is 5.32 Å². The maximum atomic E-state index is 14.1. The number of anilines is 1. The highest BCUT2D eigenvalue weighted by Crippen LogP contribution is 2.24. The molecule has 212 valence electrons. The van der Waals surface area contributed by atoms with Gasteiger partial charge in [-0.15, -0.1) is 0 Å². The second-order valence-corrected chi connectivity index (χ2v) is 12.8. The Morgan fingerprint density at radius 2 is 1.62 bits per heavy atom. The fourth-order valence-electron chi connectivity index (χ4n) is 5.06. The predicted molar refractivity (Wildman–Crippen MR) is 160 cm³/mol. The van der Waals surface area contributed by atoms with Crippen LogP contribution in [-0.2, 0) is 32.6 Å². The third kappa shape index (κ3) is 8.08. The highest BCUT2D eigenvalue weighted by atomic mass is 35.5. The second-order valence-electron chi connectivity index (χ2n) is 10.5. The number of aryl methyl sites for hydroxylation is 1. The van der Waals surface area contributed by atoms with Crippen LogP contribution < -0.4 is 9.62 Å². The fraction of sp³-hybridized carbons (Fsp3) is 0.355. The predicted octanol–water partition coefficient (Wildman–Crippen LogP) is 5.11. The van der Waals surface area contributed by atoms with Gasteiger partial charge in [0.2, 0.25) is 21.8 Å². The van der Waals surface area contributed by atoms with Crippen molar-refractivity contribution in [3.63, 3.8) is 0 Å². The molecule has 1 aliphatic rings. The number of amides is 2. The molecule has 1 aliphatic carbocycles. The summed E-state index contributed by atoms with van der Waals surface area (Å²) >= 11 is 6.15. The lowest BCUT2D eigenvalue weighted by Gasteiger charge is -2.34. The minimum Gasteiger partial charge on any atom is -0.352 e. The molecule has 2 amide bonds. The van der Waals surface area contributed by atoms with Crippen molar-refractivity contribution in [2.75, 3.05) is 17.1 Å². The van der Waals surface area contributed by atoms with Gasteiger partial charge in [-0.1, -0.05) is 90.7 Å². The summed E-state index contributed by atoms with van der Waals surface area (Å²) in [5.74, 6) is -0.710. The molecule has 0 heterocycles. The van der Waals surface area contributed by atoms with Gasteiger partial charge in [-0.2, -0.15) is 0 Å². The molecule has 1 saturated carbocycles. The van der Waals surface area contributed by atoms with Crippen LogP contribution in [-0.4, -0.2) is 50.0 Å².